The molecule has 0 saturated carbocycles. The summed E-state index contributed by atoms with van der Waals surface area (Å²) >= 11 is 0. The molecule has 1 aromatic heterocycles. The zero-order valence-electron chi connectivity index (χ0n) is 10.1. The molecule has 0 aliphatic carbocycles. The first-order valence-electron chi connectivity index (χ1n) is 5.40. The number of rotatable bonds is 3. The molecular weight excluding hydrogens is 218 g/mol. The summed E-state index contributed by atoms with van der Waals surface area (Å²) in [6, 6.07) is 5.59. The van der Waals surface area contributed by atoms with Crippen LogP contribution in [0.1, 0.15) is 30.5 Å². The molecule has 0 radical (unpaired) electrons. The van der Waals surface area contributed by atoms with Crippen molar-refractivity contribution >= 4 is 16.9 Å². The van der Waals surface area contributed by atoms with Crippen LogP contribution in [-0.4, -0.2) is 22.6 Å². The van der Waals surface area contributed by atoms with Crippen LogP contribution in [0.2, 0.25) is 0 Å². The first-order chi connectivity index (χ1) is 8.04. The number of carbonyl (C=O) groups excluding carboxylic acids is 1. The van der Waals surface area contributed by atoms with E-state index in [-0.39, 0.29) is 11.9 Å². The van der Waals surface area contributed by atoms with Crippen LogP contribution in [0.25, 0.3) is 11.0 Å². The van der Waals surface area contributed by atoms with Gasteiger partial charge < -0.3 is 15.0 Å². The van der Waals surface area contributed by atoms with Gasteiger partial charge in [0, 0.05) is 12.1 Å². The van der Waals surface area contributed by atoms with Crippen molar-refractivity contribution in [2.45, 2.75) is 19.9 Å². The third-order valence-corrected chi connectivity index (χ3v) is 2.63. The fraction of sp³-hybridized carbons (Fsp3) is 0.333. The van der Waals surface area contributed by atoms with E-state index in [1.54, 1.807) is 7.11 Å². The highest BCUT2D eigenvalue weighted by atomic mass is 16.5. The van der Waals surface area contributed by atoms with Gasteiger partial charge in [0.1, 0.15) is 5.75 Å². The summed E-state index contributed by atoms with van der Waals surface area (Å²) in [7, 11) is 1.60. The van der Waals surface area contributed by atoms with E-state index >= 15 is 0 Å². The summed E-state index contributed by atoms with van der Waals surface area (Å²) in [5, 5.41) is 0. The van der Waals surface area contributed by atoms with Gasteiger partial charge in [0.05, 0.1) is 18.1 Å². The predicted octanol–water partition coefficient (Wildman–Crippen LogP) is 1.72. The van der Waals surface area contributed by atoms with Crippen molar-refractivity contribution in [2.75, 3.05) is 7.11 Å². The third-order valence-electron chi connectivity index (χ3n) is 2.63. The Balaban J connectivity index is 2.77. The second kappa shape index (κ2) is 4.08. The van der Waals surface area contributed by atoms with Crippen LogP contribution in [0, 0.1) is 0 Å². The zero-order chi connectivity index (χ0) is 12.6. The Morgan fingerprint density at radius 1 is 1.47 bits per heavy atom. The zero-order valence-corrected chi connectivity index (χ0v) is 10.1. The van der Waals surface area contributed by atoms with Crippen molar-refractivity contribution in [1.82, 2.24) is 9.55 Å². The minimum Gasteiger partial charge on any atom is -0.497 e. The molecule has 17 heavy (non-hydrogen) atoms. The number of methoxy groups -OCH3 is 1. The Kier molecular flexibility index (Phi) is 2.75. The molecule has 2 aromatic rings. The maximum absolute atomic E-state index is 11.4. The Hall–Kier alpha value is -2.04. The number of aromatic nitrogens is 2. The van der Waals surface area contributed by atoms with Gasteiger partial charge in [0.15, 0.2) is 5.82 Å². The molecular formula is C12H15N3O2. The number of fused-ring (bicyclic) bond motifs is 1. The maximum Gasteiger partial charge on any atom is 0.284 e. The standard InChI is InChI=1S/C12H15N3O2/c1-7(2)15-10-6-8(17-3)4-5-9(10)14-12(15)11(13)16/h4-7H,1-3H3,(H2,13,16). The molecule has 0 bridgehead atoms. The fourth-order valence-corrected chi connectivity index (χ4v) is 1.90. The minimum atomic E-state index is -0.520. The summed E-state index contributed by atoms with van der Waals surface area (Å²) in [4.78, 5) is 15.6. The van der Waals surface area contributed by atoms with E-state index in [0.29, 0.717) is 0 Å². The van der Waals surface area contributed by atoms with Gasteiger partial charge in [-0.05, 0) is 26.0 Å². The van der Waals surface area contributed by atoms with E-state index < -0.39 is 5.91 Å². The average Bonchev–Trinajstić information content (AvgIpc) is 2.66. The number of hydrogen-bond donors (Lipinski definition) is 1. The Labute approximate surface area is 99.2 Å². The molecule has 0 atom stereocenters. The molecule has 90 valence electrons. The summed E-state index contributed by atoms with van der Waals surface area (Å²) in [6.45, 7) is 3.96. The largest absolute Gasteiger partial charge is 0.497 e. The topological polar surface area (TPSA) is 70.1 Å². The van der Waals surface area contributed by atoms with Crippen molar-refractivity contribution in [2.24, 2.45) is 5.73 Å². The van der Waals surface area contributed by atoms with E-state index in [2.05, 4.69) is 4.98 Å². The van der Waals surface area contributed by atoms with Crippen LogP contribution in [0.3, 0.4) is 0 Å². The van der Waals surface area contributed by atoms with Gasteiger partial charge in [-0.15, -0.1) is 0 Å². The number of nitrogens with two attached hydrogens (primary N) is 1. The number of ether oxygens (including phenoxy) is 1. The second-order valence-corrected chi connectivity index (χ2v) is 4.12. The highest BCUT2D eigenvalue weighted by Gasteiger charge is 2.17. The monoisotopic (exact) mass is 233 g/mol. The summed E-state index contributed by atoms with van der Waals surface area (Å²) in [6.07, 6.45) is 0. The quantitative estimate of drug-likeness (QED) is 0.877. The van der Waals surface area contributed by atoms with Crippen LogP contribution in [0.5, 0.6) is 5.75 Å². The molecule has 5 nitrogen and oxygen atoms in total. The van der Waals surface area contributed by atoms with Crippen molar-refractivity contribution in [1.29, 1.82) is 0 Å². The summed E-state index contributed by atoms with van der Waals surface area (Å²) in [5.41, 5.74) is 6.93. The lowest BCUT2D eigenvalue weighted by Crippen LogP contribution is -2.19. The first kappa shape index (κ1) is 11.4. The van der Waals surface area contributed by atoms with Gasteiger partial charge in [0.25, 0.3) is 5.91 Å². The van der Waals surface area contributed by atoms with Gasteiger partial charge in [0.2, 0.25) is 0 Å². The number of benzene rings is 1. The average molecular weight is 233 g/mol. The molecule has 0 aliphatic rings. The normalized spacial score (nSPS) is 11.1. The van der Waals surface area contributed by atoms with Gasteiger partial charge in [-0.3, -0.25) is 4.79 Å². The van der Waals surface area contributed by atoms with E-state index in [1.165, 1.54) is 0 Å². The number of amides is 1. The first-order valence-corrected chi connectivity index (χ1v) is 5.40. The maximum atomic E-state index is 11.4. The highest BCUT2D eigenvalue weighted by Crippen LogP contribution is 2.24. The molecule has 0 unspecified atom stereocenters. The molecule has 0 saturated heterocycles. The molecule has 1 amide bonds. The number of hydrogen-bond acceptors (Lipinski definition) is 3. The second-order valence-electron chi connectivity index (χ2n) is 4.12. The summed E-state index contributed by atoms with van der Waals surface area (Å²) < 4.78 is 6.99. The Bertz CT molecular complexity index is 572. The van der Waals surface area contributed by atoms with Crippen molar-refractivity contribution < 1.29 is 9.53 Å². The van der Waals surface area contributed by atoms with E-state index in [0.717, 1.165) is 16.8 Å². The lowest BCUT2D eigenvalue weighted by atomic mass is 10.2. The summed E-state index contributed by atoms with van der Waals surface area (Å²) in [5.74, 6) is 0.493. The Morgan fingerprint density at radius 2 is 2.18 bits per heavy atom. The molecule has 0 spiro atoms. The highest BCUT2D eigenvalue weighted by molar-refractivity contribution is 5.94. The minimum absolute atomic E-state index is 0.106. The van der Waals surface area contributed by atoms with Crippen molar-refractivity contribution in [3.05, 3.63) is 24.0 Å². The van der Waals surface area contributed by atoms with Crippen LogP contribution in [-0.2, 0) is 0 Å². The van der Waals surface area contributed by atoms with Gasteiger partial charge in [-0.25, -0.2) is 4.98 Å². The van der Waals surface area contributed by atoms with Gasteiger partial charge in [-0.1, -0.05) is 0 Å². The molecule has 2 N–H and O–H groups in total. The molecule has 2 rings (SSSR count). The Morgan fingerprint density at radius 3 is 2.71 bits per heavy atom. The number of imidazole rings is 1. The smallest absolute Gasteiger partial charge is 0.284 e. The predicted molar refractivity (Wildman–Crippen MR) is 65.2 cm³/mol. The van der Waals surface area contributed by atoms with Crippen molar-refractivity contribution in [3.63, 3.8) is 0 Å². The van der Waals surface area contributed by atoms with E-state index in [9.17, 15) is 4.79 Å². The molecule has 0 aliphatic heterocycles. The van der Waals surface area contributed by atoms with Crippen LogP contribution < -0.4 is 10.5 Å². The third kappa shape index (κ3) is 1.84. The molecule has 0 fully saturated rings. The number of carbonyl (C=O) groups is 1. The van der Waals surface area contributed by atoms with Crippen molar-refractivity contribution in [3.8, 4) is 5.75 Å². The van der Waals surface area contributed by atoms with Gasteiger partial charge >= 0.3 is 0 Å². The number of nitrogens with zero attached hydrogens (tertiary/aromatic N) is 2. The van der Waals surface area contributed by atoms with E-state index in [4.69, 9.17) is 10.5 Å². The number of primary amides is 1. The molecule has 5 heteroatoms. The van der Waals surface area contributed by atoms with Gasteiger partial charge in [-0.2, -0.15) is 0 Å². The van der Waals surface area contributed by atoms with Crippen LogP contribution >= 0.6 is 0 Å². The molecule has 1 aromatic carbocycles. The lowest BCUT2D eigenvalue weighted by molar-refractivity contribution is 0.0985. The van der Waals surface area contributed by atoms with Crippen LogP contribution in [0.15, 0.2) is 18.2 Å². The fourth-order valence-electron chi connectivity index (χ4n) is 1.90. The molecule has 1 heterocycles. The lowest BCUT2D eigenvalue weighted by Gasteiger charge is -2.11. The van der Waals surface area contributed by atoms with Crippen LogP contribution in [0.4, 0.5) is 0 Å². The SMILES string of the molecule is COc1ccc2nc(C(N)=O)n(C(C)C)c2c1. The van der Waals surface area contributed by atoms with E-state index in [1.807, 2.05) is 36.6 Å².